The molecular formula is C20H18O3. The molecule has 1 aromatic heterocycles. The molecule has 0 atom stereocenters. The van der Waals surface area contributed by atoms with Gasteiger partial charge in [0.2, 0.25) is 0 Å². The van der Waals surface area contributed by atoms with Gasteiger partial charge in [0.05, 0.1) is 6.61 Å². The molecule has 4 rings (SSSR count). The van der Waals surface area contributed by atoms with Gasteiger partial charge in [-0.1, -0.05) is 29.8 Å². The van der Waals surface area contributed by atoms with Crippen molar-refractivity contribution in [3.63, 3.8) is 0 Å². The largest absolute Gasteiger partial charge is 0.492 e. The van der Waals surface area contributed by atoms with E-state index >= 15 is 0 Å². The summed E-state index contributed by atoms with van der Waals surface area (Å²) in [5.41, 5.74) is 6.94. The van der Waals surface area contributed by atoms with Gasteiger partial charge in [0, 0.05) is 29.0 Å². The Bertz CT molecular complexity index is 979. The van der Waals surface area contributed by atoms with Gasteiger partial charge in [-0.25, -0.2) is 4.79 Å². The van der Waals surface area contributed by atoms with E-state index in [9.17, 15) is 4.79 Å². The van der Waals surface area contributed by atoms with Crippen LogP contribution in [-0.2, 0) is 6.42 Å². The Hall–Kier alpha value is -2.55. The molecule has 0 saturated heterocycles. The fourth-order valence-electron chi connectivity index (χ4n) is 3.55. The Balaban J connectivity index is 2.15. The molecule has 116 valence electrons. The summed E-state index contributed by atoms with van der Waals surface area (Å²) in [4.78, 5) is 11.8. The molecule has 0 amide bonds. The standard InChI is InChI=1S/C20H18O3/c1-11-4-6-14(7-5-11)18-13(3)17-12(2)10-16(21)23-20(17)15-8-9-22-19(15)18/h4-7,10H,8-9H2,1-3H3. The van der Waals surface area contributed by atoms with Gasteiger partial charge < -0.3 is 9.15 Å². The van der Waals surface area contributed by atoms with Crippen LogP contribution in [0.1, 0.15) is 22.3 Å². The molecule has 1 aliphatic heterocycles. The summed E-state index contributed by atoms with van der Waals surface area (Å²) in [6, 6.07) is 10.0. The Morgan fingerprint density at radius 3 is 2.52 bits per heavy atom. The highest BCUT2D eigenvalue weighted by Crippen LogP contribution is 2.45. The van der Waals surface area contributed by atoms with Gasteiger partial charge in [-0.15, -0.1) is 0 Å². The molecule has 1 aliphatic rings. The second kappa shape index (κ2) is 4.98. The van der Waals surface area contributed by atoms with Crippen molar-refractivity contribution in [2.45, 2.75) is 27.2 Å². The minimum atomic E-state index is -0.299. The molecule has 2 heterocycles. The van der Waals surface area contributed by atoms with Crippen molar-refractivity contribution in [2.24, 2.45) is 0 Å². The van der Waals surface area contributed by atoms with Crippen LogP contribution in [0.2, 0.25) is 0 Å². The molecule has 0 N–H and O–H groups in total. The third kappa shape index (κ3) is 2.07. The van der Waals surface area contributed by atoms with Gasteiger partial charge in [-0.2, -0.15) is 0 Å². The summed E-state index contributed by atoms with van der Waals surface area (Å²) in [6.45, 7) is 6.75. The van der Waals surface area contributed by atoms with Crippen molar-refractivity contribution in [1.82, 2.24) is 0 Å². The topological polar surface area (TPSA) is 39.4 Å². The lowest BCUT2D eigenvalue weighted by Gasteiger charge is -2.16. The fourth-order valence-corrected chi connectivity index (χ4v) is 3.55. The minimum Gasteiger partial charge on any atom is -0.492 e. The maximum atomic E-state index is 11.8. The lowest BCUT2D eigenvalue weighted by Crippen LogP contribution is -2.02. The van der Waals surface area contributed by atoms with Crippen LogP contribution in [0.25, 0.3) is 22.1 Å². The molecule has 2 aromatic carbocycles. The first-order valence-corrected chi connectivity index (χ1v) is 7.86. The van der Waals surface area contributed by atoms with E-state index in [0.717, 1.165) is 45.4 Å². The van der Waals surface area contributed by atoms with Crippen LogP contribution in [0.4, 0.5) is 0 Å². The summed E-state index contributed by atoms with van der Waals surface area (Å²) in [6.07, 6.45) is 0.775. The summed E-state index contributed by atoms with van der Waals surface area (Å²) in [7, 11) is 0. The summed E-state index contributed by atoms with van der Waals surface area (Å²) >= 11 is 0. The quantitative estimate of drug-likeness (QED) is 0.629. The molecule has 0 fully saturated rings. The lowest BCUT2D eigenvalue weighted by atomic mass is 9.91. The number of fused-ring (bicyclic) bond motifs is 3. The van der Waals surface area contributed by atoms with E-state index < -0.39 is 0 Å². The maximum absolute atomic E-state index is 11.8. The average Bonchev–Trinajstić information content (AvgIpc) is 2.98. The average molecular weight is 306 g/mol. The minimum absolute atomic E-state index is 0.299. The van der Waals surface area contributed by atoms with Crippen molar-refractivity contribution in [3.8, 4) is 16.9 Å². The predicted octanol–water partition coefficient (Wildman–Crippen LogP) is 4.32. The summed E-state index contributed by atoms with van der Waals surface area (Å²) in [5.74, 6) is 0.868. The van der Waals surface area contributed by atoms with Gasteiger partial charge in [0.1, 0.15) is 11.3 Å². The molecule has 0 spiro atoms. The first-order valence-electron chi connectivity index (χ1n) is 7.86. The van der Waals surface area contributed by atoms with Crippen molar-refractivity contribution in [2.75, 3.05) is 6.61 Å². The number of rotatable bonds is 1. The number of aryl methyl sites for hydroxylation is 3. The molecule has 23 heavy (non-hydrogen) atoms. The van der Waals surface area contributed by atoms with Crippen LogP contribution in [0.3, 0.4) is 0 Å². The summed E-state index contributed by atoms with van der Waals surface area (Å²) < 4.78 is 11.5. The maximum Gasteiger partial charge on any atom is 0.336 e. The van der Waals surface area contributed by atoms with E-state index in [1.165, 1.54) is 5.56 Å². The van der Waals surface area contributed by atoms with Crippen LogP contribution >= 0.6 is 0 Å². The number of hydrogen-bond donors (Lipinski definition) is 0. The monoisotopic (exact) mass is 306 g/mol. The molecule has 0 unspecified atom stereocenters. The SMILES string of the molecule is Cc1ccc(-c2c3c(c4oc(=O)cc(C)c4c2C)CCO3)cc1. The van der Waals surface area contributed by atoms with Crippen LogP contribution < -0.4 is 10.4 Å². The van der Waals surface area contributed by atoms with Gasteiger partial charge in [0.25, 0.3) is 0 Å². The highest BCUT2D eigenvalue weighted by Gasteiger charge is 2.26. The Kier molecular flexibility index (Phi) is 3.05. The second-order valence-electron chi connectivity index (χ2n) is 6.22. The fraction of sp³-hybridized carbons (Fsp3) is 0.250. The van der Waals surface area contributed by atoms with Crippen molar-refractivity contribution < 1.29 is 9.15 Å². The highest BCUT2D eigenvalue weighted by atomic mass is 16.5. The van der Waals surface area contributed by atoms with Crippen LogP contribution in [0.15, 0.2) is 39.5 Å². The number of ether oxygens (including phenoxy) is 1. The van der Waals surface area contributed by atoms with E-state index in [4.69, 9.17) is 9.15 Å². The van der Waals surface area contributed by atoms with Crippen LogP contribution in [-0.4, -0.2) is 6.61 Å². The van der Waals surface area contributed by atoms with Gasteiger partial charge in [-0.05, 0) is 37.5 Å². The summed E-state index contributed by atoms with van der Waals surface area (Å²) in [5, 5.41) is 1.03. The molecule has 0 aliphatic carbocycles. The van der Waals surface area contributed by atoms with Crippen LogP contribution in [0.5, 0.6) is 5.75 Å². The molecule has 3 nitrogen and oxygen atoms in total. The normalized spacial score (nSPS) is 13.2. The van der Waals surface area contributed by atoms with E-state index in [1.807, 2.05) is 6.92 Å². The molecule has 0 bridgehead atoms. The first-order chi connectivity index (χ1) is 11.1. The van der Waals surface area contributed by atoms with E-state index in [-0.39, 0.29) is 5.63 Å². The zero-order chi connectivity index (χ0) is 16.1. The van der Waals surface area contributed by atoms with Crippen molar-refractivity contribution >= 4 is 11.0 Å². The van der Waals surface area contributed by atoms with Crippen molar-refractivity contribution in [1.29, 1.82) is 0 Å². The Labute approximate surface area is 134 Å². The van der Waals surface area contributed by atoms with E-state index in [0.29, 0.717) is 12.2 Å². The van der Waals surface area contributed by atoms with E-state index in [2.05, 4.69) is 38.1 Å². The zero-order valence-electron chi connectivity index (χ0n) is 13.5. The number of benzene rings is 2. The number of hydrogen-bond acceptors (Lipinski definition) is 3. The van der Waals surface area contributed by atoms with Gasteiger partial charge >= 0.3 is 5.63 Å². The molecule has 0 radical (unpaired) electrons. The van der Waals surface area contributed by atoms with Crippen LogP contribution in [0, 0.1) is 20.8 Å². The highest BCUT2D eigenvalue weighted by molar-refractivity contribution is 5.96. The first kappa shape index (κ1) is 14.1. The van der Waals surface area contributed by atoms with Gasteiger partial charge in [-0.3, -0.25) is 0 Å². The molecule has 3 aromatic rings. The smallest absolute Gasteiger partial charge is 0.336 e. The zero-order valence-corrected chi connectivity index (χ0v) is 13.5. The third-order valence-corrected chi connectivity index (χ3v) is 4.62. The Morgan fingerprint density at radius 1 is 1.04 bits per heavy atom. The van der Waals surface area contributed by atoms with Gasteiger partial charge in [0.15, 0.2) is 0 Å². The van der Waals surface area contributed by atoms with Crippen molar-refractivity contribution in [3.05, 3.63) is 63.0 Å². The second-order valence-corrected chi connectivity index (χ2v) is 6.22. The van der Waals surface area contributed by atoms with E-state index in [1.54, 1.807) is 6.07 Å². The Morgan fingerprint density at radius 2 is 1.78 bits per heavy atom. The lowest BCUT2D eigenvalue weighted by molar-refractivity contribution is 0.358. The molecule has 3 heteroatoms. The third-order valence-electron chi connectivity index (χ3n) is 4.62. The molecular weight excluding hydrogens is 288 g/mol. The molecule has 0 saturated carbocycles. The predicted molar refractivity (Wildman–Crippen MR) is 91.3 cm³/mol.